The summed E-state index contributed by atoms with van der Waals surface area (Å²) in [5, 5.41) is 0. The Bertz CT molecular complexity index is 449. The summed E-state index contributed by atoms with van der Waals surface area (Å²) in [6, 6.07) is -0.308. The average molecular weight is 281 g/mol. The first kappa shape index (κ1) is 13.7. The maximum absolute atomic E-state index is 12.4. The lowest BCUT2D eigenvalue weighted by molar-refractivity contribution is -0.149. The van der Waals surface area contributed by atoms with Crippen LogP contribution < -0.4 is 0 Å². The van der Waals surface area contributed by atoms with Crippen LogP contribution in [0.3, 0.4) is 0 Å². The number of amides is 1. The van der Waals surface area contributed by atoms with E-state index in [1.165, 1.54) is 20.0 Å². The molecule has 0 aromatic carbocycles. The number of hydrogen-bond donors (Lipinski definition) is 0. The predicted octanol–water partition coefficient (Wildman–Crippen LogP) is 2.34. The van der Waals surface area contributed by atoms with Crippen LogP contribution in [0.15, 0.2) is 0 Å². The van der Waals surface area contributed by atoms with Crippen molar-refractivity contribution >= 4 is 12.1 Å². The third-order valence-electron chi connectivity index (χ3n) is 4.97. The molecule has 2 bridgehead atoms. The lowest BCUT2D eigenvalue weighted by Crippen LogP contribution is -2.53. The highest BCUT2D eigenvalue weighted by Crippen LogP contribution is 2.67. The molecule has 112 valence electrons. The Hall–Kier alpha value is -1.26. The van der Waals surface area contributed by atoms with Crippen molar-refractivity contribution in [2.45, 2.75) is 64.1 Å². The van der Waals surface area contributed by atoms with Crippen molar-refractivity contribution in [3.8, 4) is 0 Å². The minimum Gasteiger partial charge on any atom is -0.467 e. The SMILES string of the molecule is COC(=O)[C@@H]1[C@@H]2C[C@@H](CC23CC3)N1C(=O)OC(C)(C)C. The van der Waals surface area contributed by atoms with E-state index in [4.69, 9.17) is 9.47 Å². The van der Waals surface area contributed by atoms with Crippen molar-refractivity contribution in [1.29, 1.82) is 0 Å². The highest BCUT2D eigenvalue weighted by atomic mass is 16.6. The van der Waals surface area contributed by atoms with Crippen LogP contribution in [-0.2, 0) is 14.3 Å². The van der Waals surface area contributed by atoms with Crippen LogP contribution >= 0.6 is 0 Å². The Morgan fingerprint density at radius 2 is 1.90 bits per heavy atom. The molecule has 5 heteroatoms. The summed E-state index contributed by atoms with van der Waals surface area (Å²) in [6.07, 6.45) is 3.92. The Morgan fingerprint density at radius 3 is 2.40 bits per heavy atom. The van der Waals surface area contributed by atoms with E-state index >= 15 is 0 Å². The molecule has 3 aliphatic rings. The van der Waals surface area contributed by atoms with Crippen LogP contribution in [-0.4, -0.2) is 41.8 Å². The molecule has 0 radical (unpaired) electrons. The molecule has 2 saturated carbocycles. The van der Waals surface area contributed by atoms with E-state index in [9.17, 15) is 9.59 Å². The molecule has 0 unspecified atom stereocenters. The first-order chi connectivity index (χ1) is 9.27. The van der Waals surface area contributed by atoms with Gasteiger partial charge in [-0.1, -0.05) is 0 Å². The van der Waals surface area contributed by atoms with E-state index in [0.717, 1.165) is 12.8 Å². The Kier molecular flexibility index (Phi) is 2.82. The smallest absolute Gasteiger partial charge is 0.411 e. The molecule has 1 saturated heterocycles. The Labute approximate surface area is 119 Å². The van der Waals surface area contributed by atoms with E-state index in [2.05, 4.69) is 0 Å². The van der Waals surface area contributed by atoms with E-state index in [0.29, 0.717) is 5.41 Å². The van der Waals surface area contributed by atoms with Gasteiger partial charge in [-0.3, -0.25) is 4.90 Å². The first-order valence-electron chi connectivity index (χ1n) is 7.36. The number of hydrogen-bond acceptors (Lipinski definition) is 4. The number of esters is 1. The van der Waals surface area contributed by atoms with Gasteiger partial charge in [0.2, 0.25) is 0 Å². The molecule has 1 heterocycles. The van der Waals surface area contributed by atoms with E-state index in [1.54, 1.807) is 4.90 Å². The molecule has 0 N–H and O–H groups in total. The van der Waals surface area contributed by atoms with Gasteiger partial charge in [0.1, 0.15) is 11.6 Å². The van der Waals surface area contributed by atoms with Gasteiger partial charge >= 0.3 is 12.1 Å². The summed E-state index contributed by atoms with van der Waals surface area (Å²) in [4.78, 5) is 26.2. The number of rotatable bonds is 1. The van der Waals surface area contributed by atoms with Gasteiger partial charge in [0.05, 0.1) is 7.11 Å². The summed E-state index contributed by atoms with van der Waals surface area (Å²) < 4.78 is 10.4. The maximum Gasteiger partial charge on any atom is 0.411 e. The lowest BCUT2D eigenvalue weighted by Gasteiger charge is -2.38. The number of fused-ring (bicyclic) bond motifs is 3. The summed E-state index contributed by atoms with van der Waals surface area (Å²) in [5.41, 5.74) is -0.237. The zero-order valence-electron chi connectivity index (χ0n) is 12.6. The van der Waals surface area contributed by atoms with Gasteiger partial charge in [0, 0.05) is 6.04 Å². The standard InChI is InChI=1S/C15H23NO4/c1-14(2,3)20-13(18)16-9-7-10(11(16)12(17)19-4)15(8-9)5-6-15/h9-11H,5-8H2,1-4H3/t9-,10-,11-/m0/s1. The van der Waals surface area contributed by atoms with Gasteiger partial charge in [0.25, 0.3) is 0 Å². The molecule has 1 aliphatic heterocycles. The molecule has 3 rings (SSSR count). The van der Waals surface area contributed by atoms with E-state index in [1.807, 2.05) is 20.8 Å². The molecule has 3 atom stereocenters. The van der Waals surface area contributed by atoms with Crippen LogP contribution in [0.25, 0.3) is 0 Å². The third kappa shape index (κ3) is 1.98. The van der Waals surface area contributed by atoms with Crippen LogP contribution in [0.2, 0.25) is 0 Å². The highest BCUT2D eigenvalue weighted by Gasteiger charge is 2.67. The second-order valence-electron chi connectivity index (χ2n) is 7.42. The number of ether oxygens (including phenoxy) is 2. The molecule has 2 aliphatic carbocycles. The summed E-state index contributed by atoms with van der Waals surface area (Å²) >= 11 is 0. The number of carbonyl (C=O) groups is 2. The fraction of sp³-hybridized carbons (Fsp3) is 0.867. The number of nitrogens with zero attached hydrogens (tertiary/aromatic N) is 1. The monoisotopic (exact) mass is 281 g/mol. The van der Waals surface area contributed by atoms with Gasteiger partial charge in [0.15, 0.2) is 0 Å². The molecule has 5 nitrogen and oxygen atoms in total. The molecular formula is C15H23NO4. The van der Waals surface area contributed by atoms with Crippen LogP contribution in [0.4, 0.5) is 4.79 Å². The van der Waals surface area contributed by atoms with Crippen molar-refractivity contribution in [1.82, 2.24) is 4.90 Å². The molecule has 1 amide bonds. The highest BCUT2D eigenvalue weighted by molar-refractivity contribution is 5.83. The first-order valence-corrected chi connectivity index (χ1v) is 7.36. The molecular weight excluding hydrogens is 258 g/mol. The number of likely N-dealkylation sites (tertiary alicyclic amines) is 1. The van der Waals surface area contributed by atoms with Crippen LogP contribution in [0, 0.1) is 11.3 Å². The van der Waals surface area contributed by atoms with Crippen molar-refractivity contribution < 1.29 is 19.1 Å². The molecule has 3 fully saturated rings. The van der Waals surface area contributed by atoms with Crippen molar-refractivity contribution in [3.63, 3.8) is 0 Å². The predicted molar refractivity (Wildman–Crippen MR) is 72.1 cm³/mol. The fourth-order valence-electron chi connectivity index (χ4n) is 4.06. The molecule has 1 spiro atoms. The molecule has 0 aromatic rings. The minimum absolute atomic E-state index is 0.140. The lowest BCUT2D eigenvalue weighted by atomic mass is 9.85. The molecule has 20 heavy (non-hydrogen) atoms. The van der Waals surface area contributed by atoms with Gasteiger partial charge in [-0.25, -0.2) is 9.59 Å². The quantitative estimate of drug-likeness (QED) is 0.692. The topological polar surface area (TPSA) is 55.8 Å². The number of piperidine rings is 1. The van der Waals surface area contributed by atoms with Gasteiger partial charge in [-0.2, -0.15) is 0 Å². The molecule has 0 aromatic heterocycles. The minimum atomic E-state index is -0.545. The van der Waals surface area contributed by atoms with Crippen molar-refractivity contribution in [2.75, 3.05) is 7.11 Å². The average Bonchev–Trinajstić information content (AvgIpc) is 2.85. The Morgan fingerprint density at radius 1 is 1.25 bits per heavy atom. The van der Waals surface area contributed by atoms with Crippen molar-refractivity contribution in [3.05, 3.63) is 0 Å². The maximum atomic E-state index is 12.4. The zero-order chi connectivity index (χ0) is 14.7. The fourth-order valence-corrected chi connectivity index (χ4v) is 4.06. The number of methoxy groups -OCH3 is 1. The van der Waals surface area contributed by atoms with Gasteiger partial charge in [-0.15, -0.1) is 0 Å². The van der Waals surface area contributed by atoms with Gasteiger partial charge < -0.3 is 9.47 Å². The summed E-state index contributed by atoms with van der Waals surface area (Å²) in [5.74, 6) is -0.0400. The second-order valence-corrected chi connectivity index (χ2v) is 7.42. The third-order valence-corrected chi connectivity index (χ3v) is 4.97. The van der Waals surface area contributed by atoms with Crippen molar-refractivity contribution in [2.24, 2.45) is 11.3 Å². The summed E-state index contributed by atoms with van der Waals surface area (Å²) in [7, 11) is 1.39. The summed E-state index contributed by atoms with van der Waals surface area (Å²) in [6.45, 7) is 5.53. The van der Waals surface area contributed by atoms with E-state index in [-0.39, 0.29) is 24.0 Å². The van der Waals surface area contributed by atoms with Crippen LogP contribution in [0.5, 0.6) is 0 Å². The number of carbonyl (C=O) groups excluding carboxylic acids is 2. The largest absolute Gasteiger partial charge is 0.467 e. The second kappa shape index (κ2) is 4.12. The van der Waals surface area contributed by atoms with Gasteiger partial charge in [-0.05, 0) is 57.8 Å². The Balaban J connectivity index is 1.83. The normalized spacial score (nSPS) is 33.4. The van der Waals surface area contributed by atoms with Crippen LogP contribution in [0.1, 0.15) is 46.5 Å². The van der Waals surface area contributed by atoms with E-state index < -0.39 is 11.6 Å². The zero-order valence-corrected chi connectivity index (χ0v) is 12.6.